The lowest BCUT2D eigenvalue weighted by molar-refractivity contribution is -0.166. The van der Waals surface area contributed by atoms with E-state index in [1.54, 1.807) is 0 Å². The molecule has 1 aliphatic carbocycles. The largest absolute Gasteiger partial charge is 0.383 e. The van der Waals surface area contributed by atoms with Crippen molar-refractivity contribution in [2.75, 3.05) is 45.8 Å². The fourth-order valence-electron chi connectivity index (χ4n) is 6.91. The van der Waals surface area contributed by atoms with Crippen molar-refractivity contribution in [3.05, 3.63) is 12.2 Å². The summed E-state index contributed by atoms with van der Waals surface area (Å²) in [6, 6.07) is 0. The summed E-state index contributed by atoms with van der Waals surface area (Å²) in [6.45, 7) is 11.4. The molecule has 3 aliphatic heterocycles. The van der Waals surface area contributed by atoms with Crippen LogP contribution in [0.2, 0.25) is 0 Å². The summed E-state index contributed by atoms with van der Waals surface area (Å²) in [5.74, 6) is -0.433. The molecule has 1 saturated carbocycles. The zero-order chi connectivity index (χ0) is 24.9. The molecule has 2 N–H and O–H groups in total. The number of aliphatic hydroxyl groups excluding tert-OH is 1. The Morgan fingerprint density at radius 1 is 1.03 bits per heavy atom. The van der Waals surface area contributed by atoms with Crippen molar-refractivity contribution in [1.29, 1.82) is 0 Å². The van der Waals surface area contributed by atoms with Crippen molar-refractivity contribution < 1.29 is 14.7 Å². The van der Waals surface area contributed by atoms with Crippen LogP contribution in [-0.4, -0.2) is 89.7 Å². The molecule has 7 nitrogen and oxygen atoms in total. The molecule has 2 amide bonds. The van der Waals surface area contributed by atoms with Crippen molar-refractivity contribution in [3.63, 3.8) is 0 Å². The SMILES string of the molecule is CCCC1(C)/C=C/C(N2CCN(CCCCN3C(=O)CC4(CCCC4)[C@H](O)C3=O)CC2)NCCC1. The number of rotatable bonds is 8. The fourth-order valence-corrected chi connectivity index (χ4v) is 6.91. The monoisotopic (exact) mass is 488 g/mol. The molecule has 3 atom stereocenters. The smallest absolute Gasteiger partial charge is 0.258 e. The molecule has 7 heteroatoms. The van der Waals surface area contributed by atoms with E-state index in [0.29, 0.717) is 24.5 Å². The molecule has 2 saturated heterocycles. The van der Waals surface area contributed by atoms with Gasteiger partial charge in [-0.2, -0.15) is 0 Å². The van der Waals surface area contributed by atoms with Crippen molar-refractivity contribution in [2.45, 2.75) is 96.7 Å². The molecule has 0 bridgehead atoms. The van der Waals surface area contributed by atoms with E-state index >= 15 is 0 Å². The normalized spacial score (nSPS) is 33.7. The van der Waals surface area contributed by atoms with Gasteiger partial charge in [-0.15, -0.1) is 0 Å². The van der Waals surface area contributed by atoms with Crippen LogP contribution in [0.4, 0.5) is 0 Å². The summed E-state index contributed by atoms with van der Waals surface area (Å²) in [7, 11) is 0. The summed E-state index contributed by atoms with van der Waals surface area (Å²) in [6.07, 6.45) is 14.9. The number of unbranched alkanes of at least 4 members (excludes halogenated alkanes) is 1. The molecular weight excluding hydrogens is 440 g/mol. The third kappa shape index (κ3) is 6.35. The highest BCUT2D eigenvalue weighted by Gasteiger charge is 2.52. The highest BCUT2D eigenvalue weighted by Crippen LogP contribution is 2.47. The third-order valence-corrected chi connectivity index (χ3v) is 9.17. The predicted octanol–water partition coefficient (Wildman–Crippen LogP) is 3.14. The van der Waals surface area contributed by atoms with Crippen molar-refractivity contribution in [3.8, 4) is 0 Å². The van der Waals surface area contributed by atoms with Gasteiger partial charge in [0.1, 0.15) is 6.10 Å². The van der Waals surface area contributed by atoms with Gasteiger partial charge in [-0.1, -0.05) is 45.3 Å². The first-order valence-corrected chi connectivity index (χ1v) is 14.3. The Hall–Kier alpha value is -1.28. The lowest BCUT2D eigenvalue weighted by Gasteiger charge is -2.41. The topological polar surface area (TPSA) is 76.1 Å². The Kier molecular flexibility index (Phi) is 9.06. The maximum Gasteiger partial charge on any atom is 0.258 e. The molecule has 198 valence electrons. The van der Waals surface area contributed by atoms with Gasteiger partial charge in [-0.25, -0.2) is 0 Å². The number of carbonyl (C=O) groups excluding carboxylic acids is 2. The third-order valence-electron chi connectivity index (χ3n) is 9.17. The number of piperazine rings is 1. The molecule has 0 aromatic heterocycles. The number of nitrogens with zero attached hydrogens (tertiary/aromatic N) is 3. The minimum Gasteiger partial charge on any atom is -0.383 e. The van der Waals surface area contributed by atoms with Gasteiger partial charge in [0.2, 0.25) is 5.91 Å². The maximum atomic E-state index is 12.7. The Morgan fingerprint density at radius 2 is 1.74 bits per heavy atom. The van der Waals surface area contributed by atoms with Crippen molar-refractivity contribution in [1.82, 2.24) is 20.0 Å². The second-order valence-corrected chi connectivity index (χ2v) is 11.9. The lowest BCUT2D eigenvalue weighted by Crippen LogP contribution is -2.57. The Bertz CT molecular complexity index is 757. The molecule has 0 aromatic rings. The number of likely N-dealkylation sites (tertiary alicyclic amines) is 1. The van der Waals surface area contributed by atoms with Gasteiger partial charge in [-0.3, -0.25) is 24.7 Å². The zero-order valence-electron chi connectivity index (χ0n) is 22.1. The molecule has 3 fully saturated rings. The van der Waals surface area contributed by atoms with Gasteiger partial charge >= 0.3 is 0 Å². The maximum absolute atomic E-state index is 12.7. The van der Waals surface area contributed by atoms with Crippen LogP contribution in [0.15, 0.2) is 12.2 Å². The van der Waals surface area contributed by atoms with Crippen molar-refractivity contribution >= 4 is 11.8 Å². The van der Waals surface area contributed by atoms with Crippen LogP contribution < -0.4 is 5.32 Å². The summed E-state index contributed by atoms with van der Waals surface area (Å²) >= 11 is 0. The Morgan fingerprint density at radius 3 is 2.46 bits per heavy atom. The predicted molar refractivity (Wildman–Crippen MR) is 139 cm³/mol. The molecule has 3 heterocycles. The minimum atomic E-state index is -0.994. The first-order valence-electron chi connectivity index (χ1n) is 14.3. The molecule has 4 aliphatic rings. The summed E-state index contributed by atoms with van der Waals surface area (Å²) in [4.78, 5) is 31.8. The zero-order valence-corrected chi connectivity index (χ0v) is 22.1. The molecule has 4 rings (SSSR count). The van der Waals surface area contributed by atoms with Gasteiger partial charge < -0.3 is 10.0 Å². The van der Waals surface area contributed by atoms with Crippen LogP contribution in [0.3, 0.4) is 0 Å². The fraction of sp³-hybridized carbons (Fsp3) is 0.857. The summed E-state index contributed by atoms with van der Waals surface area (Å²) in [5, 5.41) is 14.4. The number of imide groups is 1. The van der Waals surface area contributed by atoms with Gasteiger partial charge in [0.05, 0.1) is 6.17 Å². The summed E-state index contributed by atoms with van der Waals surface area (Å²) < 4.78 is 0. The highest BCUT2D eigenvalue weighted by molar-refractivity contribution is 6.01. The summed E-state index contributed by atoms with van der Waals surface area (Å²) in [5.41, 5.74) is -0.138. The van der Waals surface area contributed by atoms with E-state index < -0.39 is 11.5 Å². The van der Waals surface area contributed by atoms with E-state index in [1.165, 1.54) is 30.6 Å². The van der Waals surface area contributed by atoms with Crippen LogP contribution in [0.1, 0.15) is 84.5 Å². The van der Waals surface area contributed by atoms with Crippen LogP contribution >= 0.6 is 0 Å². The molecule has 0 aromatic carbocycles. The second-order valence-electron chi connectivity index (χ2n) is 11.9. The number of amides is 2. The van der Waals surface area contributed by atoms with E-state index in [-0.39, 0.29) is 11.8 Å². The molecule has 2 unspecified atom stereocenters. The molecule has 35 heavy (non-hydrogen) atoms. The minimum absolute atomic E-state index is 0.0781. The first kappa shape index (κ1) is 26.8. The van der Waals surface area contributed by atoms with Gasteiger partial charge in [0, 0.05) is 44.6 Å². The Labute approximate surface area is 212 Å². The molecular formula is C28H48N4O3. The first-order chi connectivity index (χ1) is 16.9. The number of piperidine rings is 1. The van der Waals surface area contributed by atoms with Gasteiger partial charge in [-0.05, 0) is 63.5 Å². The number of hydrogen-bond donors (Lipinski definition) is 2. The molecule has 1 spiro atoms. The van der Waals surface area contributed by atoms with Gasteiger partial charge in [0.15, 0.2) is 0 Å². The van der Waals surface area contributed by atoms with E-state index in [1.807, 2.05) is 0 Å². The average Bonchev–Trinajstić information content (AvgIpc) is 3.30. The second kappa shape index (κ2) is 11.8. The van der Waals surface area contributed by atoms with Gasteiger partial charge in [0.25, 0.3) is 5.91 Å². The van der Waals surface area contributed by atoms with E-state index in [4.69, 9.17) is 0 Å². The number of carbonyl (C=O) groups is 2. The Balaban J connectivity index is 1.17. The average molecular weight is 489 g/mol. The number of aliphatic hydroxyl groups is 1. The van der Waals surface area contributed by atoms with E-state index in [9.17, 15) is 14.7 Å². The van der Waals surface area contributed by atoms with Crippen LogP contribution in [0.25, 0.3) is 0 Å². The van der Waals surface area contributed by atoms with Crippen LogP contribution in [0.5, 0.6) is 0 Å². The molecule has 0 radical (unpaired) electrons. The quantitative estimate of drug-likeness (QED) is 0.311. The van der Waals surface area contributed by atoms with E-state index in [2.05, 4.69) is 41.1 Å². The standard InChI is InChI=1S/C28H48N4O3/c1-3-10-27(2)11-8-15-29-23(9-14-27)31-20-18-30(19-21-31)16-6-7-17-32-24(33)22-28(12-4-5-13-28)25(34)26(32)35/h9,14,23,25,29,34H,3-8,10-13,15-22H2,1-2H3/b14-9+/t23?,25-,27?/m1/s1. The van der Waals surface area contributed by atoms with Crippen LogP contribution in [-0.2, 0) is 9.59 Å². The number of hydrogen-bond acceptors (Lipinski definition) is 6. The number of nitrogens with one attached hydrogen (secondary N) is 1. The van der Waals surface area contributed by atoms with Crippen LogP contribution in [0, 0.1) is 10.8 Å². The highest BCUT2D eigenvalue weighted by atomic mass is 16.3. The van der Waals surface area contributed by atoms with Crippen molar-refractivity contribution in [2.24, 2.45) is 10.8 Å². The lowest BCUT2D eigenvalue weighted by atomic mass is 9.74. The number of allylic oxidation sites excluding steroid dienone is 1. The van der Waals surface area contributed by atoms with E-state index in [0.717, 1.165) is 77.8 Å².